The van der Waals surface area contributed by atoms with E-state index in [1.807, 2.05) is 24.3 Å². The zero-order valence-corrected chi connectivity index (χ0v) is 14.3. The average Bonchev–Trinajstić information content (AvgIpc) is 3.35. The average molecular weight is 350 g/mol. The molecule has 6 heteroatoms. The summed E-state index contributed by atoms with van der Waals surface area (Å²) in [6.07, 6.45) is 4.93. The monoisotopic (exact) mass is 350 g/mol. The lowest BCUT2D eigenvalue weighted by Gasteiger charge is -2.13. The number of carbonyl (C=O) groups is 2. The minimum absolute atomic E-state index is 0.165. The van der Waals surface area contributed by atoms with Crippen molar-refractivity contribution in [2.24, 2.45) is 0 Å². The minimum Gasteiger partial charge on any atom is -0.468 e. The highest BCUT2D eigenvalue weighted by Crippen LogP contribution is 2.49. The number of pyridine rings is 1. The first kappa shape index (κ1) is 16.3. The van der Waals surface area contributed by atoms with Crippen LogP contribution in [-0.2, 0) is 26.3 Å². The van der Waals surface area contributed by atoms with E-state index in [2.05, 4.69) is 9.97 Å². The van der Waals surface area contributed by atoms with Gasteiger partial charge in [-0.15, -0.1) is 0 Å². The van der Waals surface area contributed by atoms with Crippen LogP contribution in [0.15, 0.2) is 48.8 Å². The van der Waals surface area contributed by atoms with Gasteiger partial charge in [0.2, 0.25) is 0 Å². The van der Waals surface area contributed by atoms with Gasteiger partial charge in [-0.3, -0.25) is 4.79 Å². The number of hydrogen-bond donors (Lipinski definition) is 1. The maximum atomic E-state index is 12.4. The van der Waals surface area contributed by atoms with E-state index in [4.69, 9.17) is 9.47 Å². The summed E-state index contributed by atoms with van der Waals surface area (Å²) in [5, 5.41) is 0.738. The molecule has 1 aliphatic carbocycles. The number of rotatable bonds is 5. The van der Waals surface area contributed by atoms with Crippen LogP contribution in [0, 0.1) is 0 Å². The molecule has 2 aromatic heterocycles. The number of hydrogen-bond acceptors (Lipinski definition) is 5. The molecule has 0 radical (unpaired) electrons. The van der Waals surface area contributed by atoms with E-state index in [0.29, 0.717) is 11.2 Å². The fourth-order valence-electron chi connectivity index (χ4n) is 3.22. The second-order valence-electron chi connectivity index (χ2n) is 6.45. The zero-order chi connectivity index (χ0) is 18.1. The molecule has 0 aliphatic heterocycles. The molecule has 2 heterocycles. The van der Waals surface area contributed by atoms with E-state index in [1.54, 1.807) is 24.5 Å². The Balaban J connectivity index is 1.45. The summed E-state index contributed by atoms with van der Waals surface area (Å²) in [7, 11) is 1.41. The van der Waals surface area contributed by atoms with E-state index >= 15 is 0 Å². The van der Waals surface area contributed by atoms with Crippen LogP contribution >= 0.6 is 0 Å². The largest absolute Gasteiger partial charge is 0.468 e. The molecule has 26 heavy (non-hydrogen) atoms. The predicted octanol–water partition coefficient (Wildman–Crippen LogP) is 3.12. The van der Waals surface area contributed by atoms with Crippen LogP contribution in [0.2, 0.25) is 0 Å². The molecule has 0 bridgehead atoms. The summed E-state index contributed by atoms with van der Waals surface area (Å²) >= 11 is 0. The van der Waals surface area contributed by atoms with Crippen molar-refractivity contribution in [1.82, 2.24) is 9.97 Å². The summed E-state index contributed by atoms with van der Waals surface area (Å²) < 4.78 is 10.3. The van der Waals surface area contributed by atoms with Crippen LogP contribution in [0.1, 0.15) is 34.3 Å². The lowest BCUT2D eigenvalue weighted by atomic mass is 9.95. The lowest BCUT2D eigenvalue weighted by molar-refractivity contribution is -0.143. The van der Waals surface area contributed by atoms with Crippen molar-refractivity contribution < 1.29 is 19.1 Å². The number of aromatic amines is 1. The molecule has 0 unspecified atom stereocenters. The molecule has 1 aromatic carbocycles. The highest BCUT2D eigenvalue weighted by Gasteiger charge is 2.52. The van der Waals surface area contributed by atoms with E-state index < -0.39 is 11.4 Å². The maximum absolute atomic E-state index is 12.4. The third kappa shape index (κ3) is 2.73. The predicted molar refractivity (Wildman–Crippen MR) is 94.6 cm³/mol. The van der Waals surface area contributed by atoms with Gasteiger partial charge in [-0.05, 0) is 36.1 Å². The molecule has 0 spiro atoms. The van der Waals surface area contributed by atoms with Gasteiger partial charge in [0.1, 0.15) is 12.3 Å². The quantitative estimate of drug-likeness (QED) is 0.715. The van der Waals surface area contributed by atoms with Crippen LogP contribution in [-0.4, -0.2) is 29.0 Å². The van der Waals surface area contributed by atoms with Gasteiger partial charge in [-0.1, -0.05) is 24.3 Å². The normalized spacial score (nSPS) is 14.8. The van der Waals surface area contributed by atoms with Gasteiger partial charge in [0.05, 0.1) is 18.1 Å². The number of H-pyrrole nitrogens is 1. The number of methoxy groups -OCH3 is 1. The molecule has 1 saturated carbocycles. The Kier molecular flexibility index (Phi) is 3.95. The number of nitrogens with zero attached hydrogens (tertiary/aromatic N) is 1. The first-order valence-electron chi connectivity index (χ1n) is 8.41. The van der Waals surface area contributed by atoms with Crippen LogP contribution < -0.4 is 0 Å². The van der Waals surface area contributed by atoms with Crippen LogP contribution in [0.4, 0.5) is 0 Å². The Labute approximate surface area is 150 Å². The van der Waals surface area contributed by atoms with Crippen molar-refractivity contribution in [1.29, 1.82) is 0 Å². The standard InChI is InChI=1S/C20H18N2O4/c1-25-19(24)20(8-9-20)14-4-2-13(3-5-14)12-26-18(23)16-7-11-22-17-15(16)6-10-21-17/h2-7,10-11H,8-9,12H2,1H3,(H,21,22). The molecule has 0 amide bonds. The SMILES string of the molecule is COC(=O)C1(c2ccc(COC(=O)c3ccnc4[nH]ccc34)cc2)CC1. The second-order valence-corrected chi connectivity index (χ2v) is 6.45. The van der Waals surface area contributed by atoms with Crippen LogP contribution in [0.25, 0.3) is 11.0 Å². The van der Waals surface area contributed by atoms with E-state index in [-0.39, 0.29) is 12.6 Å². The molecule has 132 valence electrons. The second kappa shape index (κ2) is 6.29. The van der Waals surface area contributed by atoms with E-state index in [9.17, 15) is 9.59 Å². The van der Waals surface area contributed by atoms with Crippen molar-refractivity contribution in [3.05, 3.63) is 65.5 Å². The highest BCUT2D eigenvalue weighted by molar-refractivity contribution is 6.02. The zero-order valence-electron chi connectivity index (χ0n) is 14.3. The topological polar surface area (TPSA) is 81.3 Å². The van der Waals surface area contributed by atoms with Gasteiger partial charge >= 0.3 is 11.9 Å². The van der Waals surface area contributed by atoms with Gasteiger partial charge in [0.25, 0.3) is 0 Å². The molecule has 0 saturated heterocycles. The fraction of sp³-hybridized carbons (Fsp3) is 0.250. The smallest absolute Gasteiger partial charge is 0.339 e. The molecule has 6 nitrogen and oxygen atoms in total. The molecular formula is C20H18N2O4. The molecule has 0 atom stereocenters. The molecule has 1 aliphatic rings. The number of aromatic nitrogens is 2. The van der Waals surface area contributed by atoms with Gasteiger partial charge in [-0.2, -0.15) is 0 Å². The number of esters is 2. The fourth-order valence-corrected chi connectivity index (χ4v) is 3.22. The summed E-state index contributed by atoms with van der Waals surface area (Å²) in [6.45, 7) is 0.165. The van der Waals surface area contributed by atoms with Crippen molar-refractivity contribution in [2.45, 2.75) is 24.9 Å². The first-order chi connectivity index (χ1) is 12.6. The van der Waals surface area contributed by atoms with Gasteiger partial charge in [0.15, 0.2) is 0 Å². The summed E-state index contributed by atoms with van der Waals surface area (Å²) in [5.41, 5.74) is 2.46. The Morgan fingerprint density at radius 3 is 2.62 bits per heavy atom. The number of nitrogens with one attached hydrogen (secondary N) is 1. The molecular weight excluding hydrogens is 332 g/mol. The molecule has 3 aromatic rings. The first-order valence-corrected chi connectivity index (χ1v) is 8.41. The summed E-state index contributed by atoms with van der Waals surface area (Å²) in [6, 6.07) is 11.0. The lowest BCUT2D eigenvalue weighted by Crippen LogP contribution is -2.21. The third-order valence-electron chi connectivity index (χ3n) is 4.88. The number of carbonyl (C=O) groups excluding carboxylic acids is 2. The number of benzene rings is 1. The Morgan fingerprint density at radius 2 is 1.92 bits per heavy atom. The number of fused-ring (bicyclic) bond motifs is 1. The Hall–Kier alpha value is -3.15. The van der Waals surface area contributed by atoms with Crippen molar-refractivity contribution in [3.8, 4) is 0 Å². The molecule has 4 rings (SSSR count). The maximum Gasteiger partial charge on any atom is 0.339 e. The van der Waals surface area contributed by atoms with Crippen LogP contribution in [0.3, 0.4) is 0 Å². The Bertz CT molecular complexity index is 971. The molecule has 1 N–H and O–H groups in total. The third-order valence-corrected chi connectivity index (χ3v) is 4.88. The summed E-state index contributed by atoms with van der Waals surface area (Å²) in [5.74, 6) is -0.584. The van der Waals surface area contributed by atoms with Crippen molar-refractivity contribution >= 4 is 23.0 Å². The molecule has 1 fully saturated rings. The van der Waals surface area contributed by atoms with Gasteiger partial charge in [-0.25, -0.2) is 9.78 Å². The van der Waals surface area contributed by atoms with E-state index in [0.717, 1.165) is 29.4 Å². The van der Waals surface area contributed by atoms with Gasteiger partial charge in [0, 0.05) is 17.8 Å². The highest BCUT2D eigenvalue weighted by atomic mass is 16.5. The van der Waals surface area contributed by atoms with Crippen LogP contribution in [0.5, 0.6) is 0 Å². The summed E-state index contributed by atoms with van der Waals surface area (Å²) in [4.78, 5) is 31.4. The van der Waals surface area contributed by atoms with Crippen molar-refractivity contribution in [3.63, 3.8) is 0 Å². The number of ether oxygens (including phenoxy) is 2. The Morgan fingerprint density at radius 1 is 1.15 bits per heavy atom. The van der Waals surface area contributed by atoms with Gasteiger partial charge < -0.3 is 14.5 Å². The van der Waals surface area contributed by atoms with E-state index in [1.165, 1.54) is 7.11 Å². The van der Waals surface area contributed by atoms with Crippen molar-refractivity contribution in [2.75, 3.05) is 7.11 Å². The minimum atomic E-state index is -0.485.